The minimum atomic E-state index is -0.785. The summed E-state index contributed by atoms with van der Waals surface area (Å²) >= 11 is 0. The molecule has 1 aliphatic heterocycles. The summed E-state index contributed by atoms with van der Waals surface area (Å²) in [6, 6.07) is 8.23. The van der Waals surface area contributed by atoms with E-state index in [1.807, 2.05) is 12.1 Å². The smallest absolute Gasteiger partial charge is 0.240 e. The zero-order chi connectivity index (χ0) is 17.0. The average Bonchev–Trinajstić information content (AvgIpc) is 3.10. The third-order valence-electron chi connectivity index (χ3n) is 5.67. The molecule has 0 bridgehead atoms. The van der Waals surface area contributed by atoms with Crippen LogP contribution < -0.4 is 15.8 Å². The van der Waals surface area contributed by atoms with E-state index in [2.05, 4.69) is 17.4 Å². The molecule has 0 unspecified atom stereocenters. The van der Waals surface area contributed by atoms with Crippen molar-refractivity contribution in [2.24, 2.45) is 5.73 Å². The molecule has 0 radical (unpaired) electrons. The highest BCUT2D eigenvalue weighted by Gasteiger charge is 2.40. The highest BCUT2D eigenvalue weighted by molar-refractivity contribution is 5.86. The van der Waals surface area contributed by atoms with Gasteiger partial charge in [0.2, 0.25) is 5.91 Å². The molecule has 0 atom stereocenters. The molecule has 1 saturated heterocycles. The van der Waals surface area contributed by atoms with Crippen LogP contribution in [0.25, 0.3) is 0 Å². The minimum absolute atomic E-state index is 0.00821. The molecule has 1 aromatic carbocycles. The number of carbonyl (C=O) groups is 1. The fraction of sp³-hybridized carbons (Fsp3) is 0.632. The maximum absolute atomic E-state index is 12.7. The van der Waals surface area contributed by atoms with Crippen LogP contribution in [0.1, 0.15) is 44.1 Å². The largest absolute Gasteiger partial charge is 0.497 e. The summed E-state index contributed by atoms with van der Waals surface area (Å²) in [5.41, 5.74) is 6.76. The topological polar surface area (TPSA) is 73.6 Å². The van der Waals surface area contributed by atoms with Crippen LogP contribution >= 0.6 is 0 Å². The zero-order valence-electron chi connectivity index (χ0n) is 14.5. The van der Waals surface area contributed by atoms with E-state index in [0.29, 0.717) is 32.6 Å². The fourth-order valence-corrected chi connectivity index (χ4v) is 3.96. The van der Waals surface area contributed by atoms with Crippen molar-refractivity contribution in [3.05, 3.63) is 29.8 Å². The van der Waals surface area contributed by atoms with E-state index in [1.54, 1.807) is 7.11 Å². The zero-order valence-corrected chi connectivity index (χ0v) is 14.5. The molecule has 1 saturated carbocycles. The van der Waals surface area contributed by atoms with Gasteiger partial charge in [-0.05, 0) is 43.4 Å². The molecule has 0 aromatic heterocycles. The van der Waals surface area contributed by atoms with Crippen LogP contribution in [0.4, 0.5) is 0 Å². The number of hydrogen-bond donors (Lipinski definition) is 2. The van der Waals surface area contributed by atoms with Crippen molar-refractivity contribution in [2.45, 2.75) is 49.5 Å². The van der Waals surface area contributed by atoms with Gasteiger partial charge in [-0.3, -0.25) is 4.79 Å². The standard InChI is InChI=1S/C19H28N2O3/c1-23-16-6-4-5-15(13-16)18(7-2-3-8-18)14-21-17(22)19(20)9-11-24-12-10-19/h4-6,13H,2-3,7-12,14,20H2,1H3,(H,21,22). The third kappa shape index (κ3) is 3.42. The SMILES string of the molecule is COc1cccc(C2(CNC(=O)C3(N)CCOCC3)CCCC2)c1. The van der Waals surface area contributed by atoms with Gasteiger partial charge in [-0.15, -0.1) is 0 Å². The van der Waals surface area contributed by atoms with E-state index in [1.165, 1.54) is 18.4 Å². The number of carbonyl (C=O) groups excluding carboxylic acids is 1. The molecule has 3 rings (SSSR count). The van der Waals surface area contributed by atoms with Crippen molar-refractivity contribution >= 4 is 5.91 Å². The first kappa shape index (κ1) is 17.2. The second kappa shape index (κ2) is 7.11. The van der Waals surface area contributed by atoms with Gasteiger partial charge in [0, 0.05) is 25.2 Å². The molecule has 5 nitrogen and oxygen atoms in total. The van der Waals surface area contributed by atoms with Crippen LogP contribution in [0.3, 0.4) is 0 Å². The van der Waals surface area contributed by atoms with Gasteiger partial charge in [0.1, 0.15) is 5.75 Å². The van der Waals surface area contributed by atoms with Crippen molar-refractivity contribution < 1.29 is 14.3 Å². The minimum Gasteiger partial charge on any atom is -0.497 e. The Bertz CT molecular complexity index is 576. The maximum Gasteiger partial charge on any atom is 0.240 e. The van der Waals surface area contributed by atoms with Crippen molar-refractivity contribution in [2.75, 3.05) is 26.9 Å². The Balaban J connectivity index is 1.73. The number of nitrogens with one attached hydrogen (secondary N) is 1. The number of methoxy groups -OCH3 is 1. The summed E-state index contributed by atoms with van der Waals surface area (Å²) < 4.78 is 10.7. The highest BCUT2D eigenvalue weighted by atomic mass is 16.5. The molecule has 24 heavy (non-hydrogen) atoms. The van der Waals surface area contributed by atoms with E-state index in [4.69, 9.17) is 15.2 Å². The van der Waals surface area contributed by atoms with Gasteiger partial charge in [0.25, 0.3) is 0 Å². The van der Waals surface area contributed by atoms with E-state index in [9.17, 15) is 4.79 Å². The van der Waals surface area contributed by atoms with Crippen LogP contribution in [-0.4, -0.2) is 38.3 Å². The lowest BCUT2D eigenvalue weighted by Gasteiger charge is -2.35. The Morgan fingerprint density at radius 3 is 2.62 bits per heavy atom. The Morgan fingerprint density at radius 1 is 1.25 bits per heavy atom. The summed E-state index contributed by atoms with van der Waals surface area (Å²) in [6.07, 6.45) is 5.72. The Kier molecular flexibility index (Phi) is 5.11. The van der Waals surface area contributed by atoms with Crippen LogP contribution in [0.15, 0.2) is 24.3 Å². The van der Waals surface area contributed by atoms with Crippen LogP contribution in [0.5, 0.6) is 5.75 Å². The average molecular weight is 332 g/mol. The summed E-state index contributed by atoms with van der Waals surface area (Å²) in [6.45, 7) is 1.76. The lowest BCUT2D eigenvalue weighted by atomic mass is 9.78. The van der Waals surface area contributed by atoms with Crippen LogP contribution in [0, 0.1) is 0 Å². The lowest BCUT2D eigenvalue weighted by molar-refractivity contribution is -0.130. The van der Waals surface area contributed by atoms with Crippen LogP contribution in [-0.2, 0) is 14.9 Å². The molecule has 3 N–H and O–H groups in total. The Hall–Kier alpha value is -1.59. The third-order valence-corrected chi connectivity index (χ3v) is 5.67. The molecule has 5 heteroatoms. The molecule has 2 fully saturated rings. The maximum atomic E-state index is 12.7. The summed E-state index contributed by atoms with van der Waals surface area (Å²) in [4.78, 5) is 12.7. The quantitative estimate of drug-likeness (QED) is 0.866. The molecule has 132 valence electrons. The highest BCUT2D eigenvalue weighted by Crippen LogP contribution is 2.41. The van der Waals surface area contributed by atoms with Gasteiger partial charge in [-0.1, -0.05) is 25.0 Å². The van der Waals surface area contributed by atoms with Gasteiger partial charge >= 0.3 is 0 Å². The number of ether oxygens (including phenoxy) is 2. The predicted octanol–water partition coefficient (Wildman–Crippen LogP) is 2.13. The van der Waals surface area contributed by atoms with Crippen LogP contribution in [0.2, 0.25) is 0 Å². The first-order chi connectivity index (χ1) is 11.6. The van der Waals surface area contributed by atoms with Gasteiger partial charge < -0.3 is 20.5 Å². The molecule has 1 amide bonds. The molecule has 1 aliphatic carbocycles. The number of benzene rings is 1. The number of amides is 1. The predicted molar refractivity (Wildman–Crippen MR) is 93.1 cm³/mol. The fourth-order valence-electron chi connectivity index (χ4n) is 3.96. The van der Waals surface area contributed by atoms with E-state index in [0.717, 1.165) is 18.6 Å². The van der Waals surface area contributed by atoms with E-state index in [-0.39, 0.29) is 11.3 Å². The second-order valence-corrected chi connectivity index (χ2v) is 7.17. The lowest BCUT2D eigenvalue weighted by Crippen LogP contribution is -2.58. The number of nitrogens with two attached hydrogens (primary N) is 1. The monoisotopic (exact) mass is 332 g/mol. The summed E-state index contributed by atoms with van der Waals surface area (Å²) in [5, 5.41) is 3.15. The van der Waals surface area contributed by atoms with Gasteiger partial charge in [0.05, 0.1) is 12.6 Å². The number of hydrogen-bond acceptors (Lipinski definition) is 4. The molecular formula is C19H28N2O3. The first-order valence-electron chi connectivity index (χ1n) is 8.88. The Labute approximate surface area is 143 Å². The molecule has 1 heterocycles. The van der Waals surface area contributed by atoms with Gasteiger partial charge in [-0.25, -0.2) is 0 Å². The second-order valence-electron chi connectivity index (χ2n) is 7.17. The molecule has 2 aliphatic rings. The summed E-state index contributed by atoms with van der Waals surface area (Å²) in [7, 11) is 1.69. The van der Waals surface area contributed by atoms with Gasteiger partial charge in [-0.2, -0.15) is 0 Å². The summed E-state index contributed by atoms with van der Waals surface area (Å²) in [5.74, 6) is 0.824. The molecule has 0 spiro atoms. The molecule has 1 aromatic rings. The number of rotatable bonds is 5. The van der Waals surface area contributed by atoms with Gasteiger partial charge in [0.15, 0.2) is 0 Å². The van der Waals surface area contributed by atoms with E-state index >= 15 is 0 Å². The molecular weight excluding hydrogens is 304 g/mol. The normalized spacial score (nSPS) is 22.1. The van der Waals surface area contributed by atoms with Crippen molar-refractivity contribution in [3.63, 3.8) is 0 Å². The van der Waals surface area contributed by atoms with Crippen molar-refractivity contribution in [3.8, 4) is 5.75 Å². The van der Waals surface area contributed by atoms with E-state index < -0.39 is 5.54 Å². The Morgan fingerprint density at radius 2 is 1.96 bits per heavy atom. The first-order valence-corrected chi connectivity index (χ1v) is 8.88. The van der Waals surface area contributed by atoms with Crippen molar-refractivity contribution in [1.82, 2.24) is 5.32 Å². The van der Waals surface area contributed by atoms with Crippen molar-refractivity contribution in [1.29, 1.82) is 0 Å².